The summed E-state index contributed by atoms with van der Waals surface area (Å²) in [5, 5.41) is 16.6. The van der Waals surface area contributed by atoms with Crippen molar-refractivity contribution < 1.29 is 9.90 Å². The van der Waals surface area contributed by atoms with Crippen LogP contribution in [0.5, 0.6) is 0 Å². The molecule has 1 unspecified atom stereocenters. The Morgan fingerprint density at radius 1 is 1.50 bits per heavy atom. The van der Waals surface area contributed by atoms with Crippen LogP contribution in [-0.2, 0) is 6.54 Å². The standard InChI is InChI=1S/C15H25N3O2/c1-4-8-18-11(3)14(10(2)17-18)15(20)16-13(7-9-19)12-5-6-12/h12-13,19H,4-9H2,1-3H3,(H,16,20). The van der Waals surface area contributed by atoms with Gasteiger partial charge in [-0.1, -0.05) is 6.92 Å². The summed E-state index contributed by atoms with van der Waals surface area (Å²) in [5.41, 5.74) is 2.41. The number of aromatic nitrogens is 2. The Balaban J connectivity index is 2.11. The molecule has 5 heteroatoms. The Morgan fingerprint density at radius 2 is 2.20 bits per heavy atom. The second-order valence-corrected chi connectivity index (χ2v) is 5.70. The molecule has 112 valence electrons. The quantitative estimate of drug-likeness (QED) is 0.800. The molecule has 1 aliphatic rings. The molecular formula is C15H25N3O2. The number of amides is 1. The van der Waals surface area contributed by atoms with Crippen molar-refractivity contribution in [3.63, 3.8) is 0 Å². The van der Waals surface area contributed by atoms with Gasteiger partial charge in [0.05, 0.1) is 11.3 Å². The molecule has 1 aliphatic carbocycles. The Morgan fingerprint density at radius 3 is 2.75 bits per heavy atom. The molecule has 1 fully saturated rings. The van der Waals surface area contributed by atoms with Gasteiger partial charge in [0, 0.05) is 24.9 Å². The highest BCUT2D eigenvalue weighted by Gasteiger charge is 2.32. The van der Waals surface area contributed by atoms with Gasteiger partial charge < -0.3 is 10.4 Å². The zero-order valence-corrected chi connectivity index (χ0v) is 12.6. The van der Waals surface area contributed by atoms with Gasteiger partial charge in [-0.05, 0) is 45.4 Å². The summed E-state index contributed by atoms with van der Waals surface area (Å²) >= 11 is 0. The molecule has 0 radical (unpaired) electrons. The Bertz CT molecular complexity index is 478. The second kappa shape index (κ2) is 6.39. The third-order valence-electron chi connectivity index (χ3n) is 3.99. The molecule has 1 heterocycles. The van der Waals surface area contributed by atoms with E-state index >= 15 is 0 Å². The van der Waals surface area contributed by atoms with Crippen molar-refractivity contribution in [1.29, 1.82) is 0 Å². The van der Waals surface area contributed by atoms with Gasteiger partial charge in [-0.15, -0.1) is 0 Å². The first kappa shape index (κ1) is 15.0. The van der Waals surface area contributed by atoms with E-state index in [1.165, 1.54) is 0 Å². The van der Waals surface area contributed by atoms with Crippen LogP contribution in [0, 0.1) is 19.8 Å². The lowest BCUT2D eigenvalue weighted by Gasteiger charge is -2.17. The Hall–Kier alpha value is -1.36. The lowest BCUT2D eigenvalue weighted by molar-refractivity contribution is 0.0923. The number of carbonyl (C=O) groups excluding carboxylic acids is 1. The van der Waals surface area contributed by atoms with Gasteiger partial charge in [0.15, 0.2) is 0 Å². The van der Waals surface area contributed by atoms with Gasteiger partial charge in [-0.3, -0.25) is 9.48 Å². The fourth-order valence-corrected chi connectivity index (χ4v) is 2.76. The number of aryl methyl sites for hydroxylation is 2. The van der Waals surface area contributed by atoms with E-state index < -0.39 is 0 Å². The van der Waals surface area contributed by atoms with Gasteiger partial charge in [-0.2, -0.15) is 5.10 Å². The van der Waals surface area contributed by atoms with Crippen LogP contribution in [0.1, 0.15) is 54.4 Å². The molecule has 1 aromatic rings. The molecule has 2 N–H and O–H groups in total. The molecular weight excluding hydrogens is 254 g/mol. The first-order valence-electron chi connectivity index (χ1n) is 7.54. The normalized spacial score (nSPS) is 16.2. The predicted molar refractivity (Wildman–Crippen MR) is 77.7 cm³/mol. The van der Waals surface area contributed by atoms with Gasteiger partial charge in [0.2, 0.25) is 0 Å². The van der Waals surface area contributed by atoms with Crippen molar-refractivity contribution in [3.8, 4) is 0 Å². The minimum Gasteiger partial charge on any atom is -0.396 e. The van der Waals surface area contributed by atoms with Crippen LogP contribution < -0.4 is 5.32 Å². The van der Waals surface area contributed by atoms with Crippen molar-refractivity contribution in [3.05, 3.63) is 17.0 Å². The highest BCUT2D eigenvalue weighted by atomic mass is 16.3. The largest absolute Gasteiger partial charge is 0.396 e. The van der Waals surface area contributed by atoms with Crippen LogP contribution in [0.4, 0.5) is 0 Å². The van der Waals surface area contributed by atoms with E-state index in [1.54, 1.807) is 0 Å². The van der Waals surface area contributed by atoms with E-state index in [1.807, 2.05) is 18.5 Å². The number of hydrogen-bond donors (Lipinski definition) is 2. The Kier molecular flexibility index (Phi) is 4.81. The van der Waals surface area contributed by atoms with Crippen LogP contribution in [0.15, 0.2) is 0 Å². The van der Waals surface area contributed by atoms with Crippen molar-refractivity contribution in [2.45, 2.75) is 59.0 Å². The van der Waals surface area contributed by atoms with Crippen LogP contribution >= 0.6 is 0 Å². The van der Waals surface area contributed by atoms with Crippen molar-refractivity contribution in [2.24, 2.45) is 5.92 Å². The summed E-state index contributed by atoms with van der Waals surface area (Å²) in [6, 6.07) is 0.0980. The highest BCUT2D eigenvalue weighted by molar-refractivity contribution is 5.96. The molecule has 2 rings (SSSR count). The van der Waals surface area contributed by atoms with Gasteiger partial charge in [0.1, 0.15) is 0 Å². The molecule has 1 aromatic heterocycles. The number of aliphatic hydroxyl groups excluding tert-OH is 1. The maximum atomic E-state index is 12.5. The molecule has 0 aromatic carbocycles. The van der Waals surface area contributed by atoms with Crippen LogP contribution in [0.3, 0.4) is 0 Å². The zero-order valence-electron chi connectivity index (χ0n) is 12.6. The summed E-state index contributed by atoms with van der Waals surface area (Å²) in [6.45, 7) is 6.88. The number of nitrogens with zero attached hydrogens (tertiary/aromatic N) is 2. The van der Waals surface area contributed by atoms with E-state index in [9.17, 15) is 4.79 Å². The van der Waals surface area contributed by atoms with E-state index in [0.717, 1.165) is 37.2 Å². The molecule has 0 aliphatic heterocycles. The van der Waals surface area contributed by atoms with Crippen LogP contribution in [0.25, 0.3) is 0 Å². The minimum atomic E-state index is -0.0484. The second-order valence-electron chi connectivity index (χ2n) is 5.70. The minimum absolute atomic E-state index is 0.0484. The van der Waals surface area contributed by atoms with E-state index in [4.69, 9.17) is 5.11 Å². The fourth-order valence-electron chi connectivity index (χ4n) is 2.76. The summed E-state index contributed by atoms with van der Waals surface area (Å²) in [7, 11) is 0. The number of rotatable bonds is 7. The summed E-state index contributed by atoms with van der Waals surface area (Å²) in [5.74, 6) is 0.491. The summed E-state index contributed by atoms with van der Waals surface area (Å²) in [4.78, 5) is 12.5. The van der Waals surface area contributed by atoms with Gasteiger partial charge in [-0.25, -0.2) is 0 Å². The third kappa shape index (κ3) is 3.20. The number of aliphatic hydroxyl groups is 1. The molecule has 1 atom stereocenters. The maximum Gasteiger partial charge on any atom is 0.255 e. The average Bonchev–Trinajstić information content (AvgIpc) is 3.18. The SMILES string of the molecule is CCCn1nc(C)c(C(=O)NC(CCO)C2CC2)c1C. The van der Waals surface area contributed by atoms with Crippen molar-refractivity contribution in [2.75, 3.05) is 6.61 Å². The number of hydrogen-bond acceptors (Lipinski definition) is 3. The topological polar surface area (TPSA) is 67.2 Å². The molecule has 20 heavy (non-hydrogen) atoms. The highest BCUT2D eigenvalue weighted by Crippen LogP contribution is 2.34. The lowest BCUT2D eigenvalue weighted by atomic mass is 10.1. The Labute approximate surface area is 120 Å². The molecule has 1 saturated carbocycles. The molecule has 0 saturated heterocycles. The number of carbonyl (C=O) groups is 1. The molecule has 0 bridgehead atoms. The molecule has 0 spiro atoms. The van der Waals surface area contributed by atoms with E-state index in [-0.39, 0.29) is 18.6 Å². The summed E-state index contributed by atoms with van der Waals surface area (Å²) in [6.07, 6.45) is 3.94. The smallest absolute Gasteiger partial charge is 0.255 e. The van der Waals surface area contributed by atoms with Crippen LogP contribution in [0.2, 0.25) is 0 Å². The number of nitrogens with one attached hydrogen (secondary N) is 1. The average molecular weight is 279 g/mol. The van der Waals surface area contributed by atoms with Gasteiger partial charge in [0.25, 0.3) is 5.91 Å². The van der Waals surface area contributed by atoms with Crippen molar-refractivity contribution >= 4 is 5.91 Å². The maximum absolute atomic E-state index is 12.5. The third-order valence-corrected chi connectivity index (χ3v) is 3.99. The first-order valence-corrected chi connectivity index (χ1v) is 7.54. The van der Waals surface area contributed by atoms with E-state index in [0.29, 0.717) is 17.9 Å². The zero-order chi connectivity index (χ0) is 14.7. The summed E-state index contributed by atoms with van der Waals surface area (Å²) < 4.78 is 1.91. The van der Waals surface area contributed by atoms with E-state index in [2.05, 4.69) is 17.3 Å². The monoisotopic (exact) mass is 279 g/mol. The predicted octanol–water partition coefficient (Wildman–Crippen LogP) is 1.80. The van der Waals surface area contributed by atoms with Crippen molar-refractivity contribution in [1.82, 2.24) is 15.1 Å². The lowest BCUT2D eigenvalue weighted by Crippen LogP contribution is -2.37. The fraction of sp³-hybridized carbons (Fsp3) is 0.733. The van der Waals surface area contributed by atoms with Crippen LogP contribution in [-0.4, -0.2) is 33.4 Å². The molecule has 1 amide bonds. The molecule has 5 nitrogen and oxygen atoms in total. The first-order chi connectivity index (χ1) is 9.58. The van der Waals surface area contributed by atoms with Gasteiger partial charge >= 0.3 is 0 Å².